The summed E-state index contributed by atoms with van der Waals surface area (Å²) in [6.45, 7) is 1.82. The van der Waals surface area contributed by atoms with Gasteiger partial charge in [0.05, 0.1) is 5.69 Å². The number of nitrogens with zero attached hydrogens (tertiary/aromatic N) is 6. The number of hydrogen-bond donors (Lipinski definition) is 0. The van der Waals surface area contributed by atoms with Crippen molar-refractivity contribution in [2.45, 2.75) is 6.92 Å². The normalized spacial score (nSPS) is 11.1. The van der Waals surface area contributed by atoms with E-state index < -0.39 is 0 Å². The fourth-order valence-corrected chi connectivity index (χ4v) is 1.51. The van der Waals surface area contributed by atoms with Crippen LogP contribution < -0.4 is 4.90 Å². The van der Waals surface area contributed by atoms with Gasteiger partial charge in [0.25, 0.3) is 5.95 Å². The van der Waals surface area contributed by atoms with Crippen molar-refractivity contribution in [2.75, 3.05) is 19.0 Å². The number of azo groups is 1. The molecular formula is C12H16N6. The summed E-state index contributed by atoms with van der Waals surface area (Å²) >= 11 is 0. The number of benzene rings is 1. The lowest BCUT2D eigenvalue weighted by Crippen LogP contribution is -2.07. The van der Waals surface area contributed by atoms with Crippen LogP contribution >= 0.6 is 0 Å². The molecule has 2 aromatic rings. The lowest BCUT2D eigenvalue weighted by molar-refractivity contribution is 0.753. The molecule has 1 aromatic heterocycles. The van der Waals surface area contributed by atoms with Gasteiger partial charge >= 0.3 is 0 Å². The number of hydrogen-bond acceptors (Lipinski definition) is 5. The van der Waals surface area contributed by atoms with E-state index in [0.29, 0.717) is 11.8 Å². The molecule has 0 bridgehead atoms. The van der Waals surface area contributed by atoms with Gasteiger partial charge in [-0.3, -0.25) is 0 Å². The van der Waals surface area contributed by atoms with Crippen molar-refractivity contribution >= 4 is 17.3 Å². The number of aryl methyl sites for hydroxylation is 2. The van der Waals surface area contributed by atoms with Gasteiger partial charge in [0.15, 0.2) is 0 Å². The first-order valence-electron chi connectivity index (χ1n) is 5.63. The summed E-state index contributed by atoms with van der Waals surface area (Å²) < 4.78 is 1.60. The molecule has 1 aromatic carbocycles. The van der Waals surface area contributed by atoms with Gasteiger partial charge in [-0.05, 0) is 31.2 Å². The van der Waals surface area contributed by atoms with E-state index in [9.17, 15) is 0 Å². The third kappa shape index (κ3) is 2.71. The monoisotopic (exact) mass is 244 g/mol. The van der Waals surface area contributed by atoms with E-state index in [1.165, 1.54) is 0 Å². The van der Waals surface area contributed by atoms with Gasteiger partial charge in [-0.25, -0.2) is 4.68 Å². The van der Waals surface area contributed by atoms with Crippen LogP contribution in [0.3, 0.4) is 0 Å². The molecule has 0 radical (unpaired) electrons. The average Bonchev–Trinajstić information content (AvgIpc) is 2.66. The van der Waals surface area contributed by atoms with E-state index in [4.69, 9.17) is 0 Å². The van der Waals surface area contributed by atoms with Crippen LogP contribution in [0, 0.1) is 6.92 Å². The Morgan fingerprint density at radius 2 is 1.78 bits per heavy atom. The smallest absolute Gasteiger partial charge is 0.267 e. The standard InChI is InChI=1S/C12H16N6/c1-9-13-12(18(4)16-9)15-14-10-5-7-11(8-6-10)17(2)3/h5-8H,1-4H3. The van der Waals surface area contributed by atoms with E-state index >= 15 is 0 Å². The molecule has 0 fully saturated rings. The summed E-state index contributed by atoms with van der Waals surface area (Å²) in [4.78, 5) is 6.19. The summed E-state index contributed by atoms with van der Waals surface area (Å²) in [6, 6.07) is 7.83. The molecule has 1 heterocycles. The highest BCUT2D eigenvalue weighted by Crippen LogP contribution is 2.20. The third-order valence-electron chi connectivity index (χ3n) is 2.47. The van der Waals surface area contributed by atoms with Gasteiger partial charge in [0.2, 0.25) is 0 Å². The van der Waals surface area contributed by atoms with E-state index in [-0.39, 0.29) is 0 Å². The summed E-state index contributed by atoms with van der Waals surface area (Å²) in [6.07, 6.45) is 0. The fourth-order valence-electron chi connectivity index (χ4n) is 1.51. The second kappa shape index (κ2) is 4.95. The topological polar surface area (TPSA) is 58.7 Å². The zero-order chi connectivity index (χ0) is 13.1. The van der Waals surface area contributed by atoms with Gasteiger partial charge in [0.1, 0.15) is 5.82 Å². The van der Waals surface area contributed by atoms with Crippen molar-refractivity contribution in [2.24, 2.45) is 17.3 Å². The van der Waals surface area contributed by atoms with Crippen molar-refractivity contribution in [1.82, 2.24) is 14.8 Å². The second-order valence-corrected chi connectivity index (χ2v) is 4.19. The molecule has 0 atom stereocenters. The number of rotatable bonds is 3. The Hall–Kier alpha value is -2.24. The molecule has 0 aliphatic rings. The summed E-state index contributed by atoms with van der Waals surface area (Å²) in [7, 11) is 5.79. The first kappa shape index (κ1) is 12.2. The Labute approximate surface area is 106 Å². The maximum absolute atomic E-state index is 4.15. The minimum Gasteiger partial charge on any atom is -0.378 e. The second-order valence-electron chi connectivity index (χ2n) is 4.19. The third-order valence-corrected chi connectivity index (χ3v) is 2.47. The molecule has 0 amide bonds. The van der Waals surface area contributed by atoms with Crippen molar-refractivity contribution in [3.8, 4) is 0 Å². The largest absolute Gasteiger partial charge is 0.378 e. The van der Waals surface area contributed by atoms with E-state index in [0.717, 1.165) is 11.4 Å². The van der Waals surface area contributed by atoms with Crippen LogP contribution in [-0.4, -0.2) is 28.9 Å². The van der Waals surface area contributed by atoms with Crippen LogP contribution in [0.5, 0.6) is 0 Å². The van der Waals surface area contributed by atoms with Crippen LogP contribution in [0.15, 0.2) is 34.5 Å². The van der Waals surface area contributed by atoms with Crippen LogP contribution in [0.2, 0.25) is 0 Å². The maximum Gasteiger partial charge on any atom is 0.267 e. The molecule has 0 aliphatic heterocycles. The predicted octanol–water partition coefficient (Wildman–Crippen LogP) is 2.60. The summed E-state index contributed by atoms with van der Waals surface area (Å²) in [5.41, 5.74) is 1.92. The SMILES string of the molecule is Cc1nc(N=Nc2ccc(N(C)C)cc2)n(C)n1. The Bertz CT molecular complexity index is 552. The number of aromatic nitrogens is 3. The van der Waals surface area contributed by atoms with Gasteiger partial charge in [-0.2, -0.15) is 10.1 Å². The van der Waals surface area contributed by atoms with E-state index in [1.807, 2.05) is 50.2 Å². The summed E-state index contributed by atoms with van der Waals surface area (Å²) in [5, 5.41) is 12.3. The molecule has 6 nitrogen and oxygen atoms in total. The van der Waals surface area contributed by atoms with E-state index in [2.05, 4.69) is 20.3 Å². The Balaban J connectivity index is 2.16. The van der Waals surface area contributed by atoms with E-state index in [1.54, 1.807) is 11.7 Å². The minimum absolute atomic E-state index is 0.504. The fraction of sp³-hybridized carbons (Fsp3) is 0.333. The zero-order valence-electron chi connectivity index (χ0n) is 11.0. The van der Waals surface area contributed by atoms with Crippen LogP contribution in [0.25, 0.3) is 0 Å². The minimum atomic E-state index is 0.504. The Kier molecular flexibility index (Phi) is 3.36. The highest BCUT2D eigenvalue weighted by Gasteiger charge is 2.01. The van der Waals surface area contributed by atoms with Gasteiger partial charge in [-0.15, -0.1) is 10.2 Å². The first-order chi connectivity index (χ1) is 8.56. The van der Waals surface area contributed by atoms with Gasteiger partial charge < -0.3 is 4.90 Å². The molecule has 0 unspecified atom stereocenters. The molecule has 0 saturated heterocycles. The lowest BCUT2D eigenvalue weighted by Gasteiger charge is -2.11. The molecule has 2 rings (SSSR count). The van der Waals surface area contributed by atoms with Crippen LogP contribution in [-0.2, 0) is 7.05 Å². The molecule has 0 N–H and O–H groups in total. The zero-order valence-corrected chi connectivity index (χ0v) is 11.0. The Morgan fingerprint density at radius 1 is 1.11 bits per heavy atom. The average molecular weight is 244 g/mol. The Morgan fingerprint density at radius 3 is 2.28 bits per heavy atom. The van der Waals surface area contributed by atoms with Crippen molar-refractivity contribution in [1.29, 1.82) is 0 Å². The molecular weight excluding hydrogens is 228 g/mol. The molecule has 0 aliphatic carbocycles. The molecule has 18 heavy (non-hydrogen) atoms. The van der Waals surface area contributed by atoms with Gasteiger partial charge in [-0.1, -0.05) is 0 Å². The predicted molar refractivity (Wildman–Crippen MR) is 70.7 cm³/mol. The van der Waals surface area contributed by atoms with Crippen molar-refractivity contribution in [3.05, 3.63) is 30.1 Å². The molecule has 0 saturated carbocycles. The van der Waals surface area contributed by atoms with Crippen molar-refractivity contribution in [3.63, 3.8) is 0 Å². The highest BCUT2D eigenvalue weighted by molar-refractivity contribution is 5.51. The first-order valence-corrected chi connectivity index (χ1v) is 5.63. The number of anilines is 1. The highest BCUT2D eigenvalue weighted by atomic mass is 15.4. The van der Waals surface area contributed by atoms with Crippen molar-refractivity contribution < 1.29 is 0 Å². The molecule has 6 heteroatoms. The van der Waals surface area contributed by atoms with Crippen LogP contribution in [0.1, 0.15) is 5.82 Å². The quantitative estimate of drug-likeness (QED) is 0.780. The molecule has 0 spiro atoms. The lowest BCUT2D eigenvalue weighted by atomic mass is 10.3. The summed E-state index contributed by atoms with van der Waals surface area (Å²) in [5.74, 6) is 1.19. The molecule has 94 valence electrons. The maximum atomic E-state index is 4.15. The van der Waals surface area contributed by atoms with Gasteiger partial charge in [0, 0.05) is 26.8 Å². The van der Waals surface area contributed by atoms with Crippen LogP contribution in [0.4, 0.5) is 17.3 Å².